The lowest BCUT2D eigenvalue weighted by Gasteiger charge is -2.18. The normalized spacial score (nSPS) is 13.4. The largest absolute Gasteiger partial charge is 0.0996 e. The summed E-state index contributed by atoms with van der Waals surface area (Å²) in [7, 11) is -2.78. The van der Waals surface area contributed by atoms with Crippen molar-refractivity contribution in [1.82, 2.24) is 0 Å². The average Bonchev–Trinajstić information content (AvgIpc) is 3.79. The highest BCUT2D eigenvalue weighted by Gasteiger charge is 2.37. The molecular weight excluding hydrogens is 712 g/mol. The van der Waals surface area contributed by atoms with Crippen molar-refractivity contribution >= 4 is 29.5 Å². The quantitative estimate of drug-likeness (QED) is 0.168. The lowest BCUT2D eigenvalue weighted by atomic mass is 10.0. The molecular formula is C49H46P4. The molecule has 4 unspecified atom stereocenters. The molecule has 0 aliphatic carbocycles. The lowest BCUT2D eigenvalue weighted by Crippen LogP contribution is -1.81. The Morgan fingerprint density at radius 2 is 0.491 bits per heavy atom. The van der Waals surface area contributed by atoms with Crippen molar-refractivity contribution in [2.24, 2.45) is 0 Å². The molecule has 0 N–H and O–H groups in total. The molecule has 4 heteroatoms. The van der Waals surface area contributed by atoms with Crippen molar-refractivity contribution in [2.45, 2.75) is 61.3 Å². The molecule has 0 fully saturated rings. The topological polar surface area (TPSA) is 0 Å². The molecule has 1 aliphatic rings. The summed E-state index contributed by atoms with van der Waals surface area (Å²) in [5.74, 6) is 1.20. The summed E-state index contributed by atoms with van der Waals surface area (Å²) in [5.41, 5.74) is 17.8. The molecule has 0 radical (unpaired) electrons. The summed E-state index contributed by atoms with van der Waals surface area (Å²) in [4.78, 5) is 0. The summed E-state index contributed by atoms with van der Waals surface area (Å²) >= 11 is 0. The van der Waals surface area contributed by atoms with Crippen molar-refractivity contribution in [3.05, 3.63) is 166 Å². The standard InChI is InChI=1S/C49H46P4/c1-30-34(5)46-48-36(7)32(3)44(40-25-17-11-18-26-40)52(48)53-45(41-27-19-12-20-28-41)33(4)37(8)49(53)47-35(6)31(2)43(39-23-15-10-16-24-39)51(47)29-50(46)42(30)38-21-13-9-14-22-38/h9-28H,29H2,1-8H3. The van der Waals surface area contributed by atoms with Crippen molar-refractivity contribution < 1.29 is 0 Å². The first-order valence-corrected chi connectivity index (χ1v) is 25.2. The first kappa shape index (κ1) is 34.7. The Kier molecular flexibility index (Phi) is 8.78. The Morgan fingerprint density at radius 1 is 0.264 bits per heavy atom. The Hall–Kier alpha value is -4.00. The molecule has 1 aliphatic heterocycles. The van der Waals surface area contributed by atoms with Crippen molar-refractivity contribution in [2.75, 3.05) is 0 Å². The minimum atomic E-state index is -0.748. The molecule has 4 atom stereocenters. The van der Waals surface area contributed by atoms with Crippen LogP contribution in [0.15, 0.2) is 121 Å². The van der Waals surface area contributed by atoms with Crippen LogP contribution in [0.1, 0.15) is 44.5 Å². The van der Waals surface area contributed by atoms with Crippen molar-refractivity contribution in [3.8, 4) is 64.6 Å². The van der Waals surface area contributed by atoms with E-state index in [4.69, 9.17) is 0 Å². The van der Waals surface area contributed by atoms with E-state index in [-0.39, 0.29) is 0 Å². The van der Waals surface area contributed by atoms with Gasteiger partial charge in [-0.15, -0.1) is 0 Å². The third kappa shape index (κ3) is 5.18. The lowest BCUT2D eigenvalue weighted by molar-refractivity contribution is 1.38. The fourth-order valence-electron chi connectivity index (χ4n) is 9.11. The minimum absolute atomic E-state index is 0.641. The molecule has 0 bridgehead atoms. The van der Waals surface area contributed by atoms with Gasteiger partial charge in [0.05, 0.1) is 0 Å². The van der Waals surface area contributed by atoms with Crippen LogP contribution in [-0.2, 0) is 5.90 Å². The summed E-state index contributed by atoms with van der Waals surface area (Å²) in [6.45, 7) is 19.7. The Balaban J connectivity index is 1.57. The molecule has 262 valence electrons. The minimum Gasteiger partial charge on any atom is -0.0996 e. The molecule has 53 heavy (non-hydrogen) atoms. The molecule has 0 saturated carbocycles. The van der Waals surface area contributed by atoms with Crippen LogP contribution in [0, 0.1) is 55.4 Å². The van der Waals surface area contributed by atoms with Crippen LogP contribution >= 0.6 is 29.5 Å². The van der Waals surface area contributed by atoms with E-state index in [1.54, 1.807) is 42.4 Å². The van der Waals surface area contributed by atoms with Gasteiger partial charge < -0.3 is 0 Å². The number of hydrogen-bond acceptors (Lipinski definition) is 0. The third-order valence-corrected chi connectivity index (χ3v) is 27.2. The fourth-order valence-corrected chi connectivity index (χ4v) is 29.0. The van der Waals surface area contributed by atoms with Gasteiger partial charge in [0.15, 0.2) is 0 Å². The number of hydrogen-bond donors (Lipinski definition) is 0. The molecule has 0 saturated heterocycles. The molecule has 0 spiro atoms. The highest BCUT2D eigenvalue weighted by molar-refractivity contribution is 8.26. The van der Waals surface area contributed by atoms with E-state index in [0.29, 0.717) is 0 Å². The zero-order chi connectivity index (χ0) is 36.7. The summed E-state index contributed by atoms with van der Waals surface area (Å²) in [5, 5.41) is 13.3. The first-order chi connectivity index (χ1) is 25.7. The third-order valence-electron chi connectivity index (χ3n) is 12.1. The van der Waals surface area contributed by atoms with Gasteiger partial charge in [-0.2, -0.15) is 0 Å². The monoisotopic (exact) mass is 758 g/mol. The van der Waals surface area contributed by atoms with Gasteiger partial charge in [0.25, 0.3) is 0 Å². The zero-order valence-corrected chi connectivity index (χ0v) is 35.6. The maximum atomic E-state index is 2.48. The van der Waals surface area contributed by atoms with E-state index in [2.05, 4.69) is 177 Å². The van der Waals surface area contributed by atoms with E-state index < -0.39 is 29.5 Å². The van der Waals surface area contributed by atoms with E-state index >= 15 is 0 Å². The van der Waals surface area contributed by atoms with E-state index in [0.717, 1.165) is 0 Å². The van der Waals surface area contributed by atoms with Crippen LogP contribution in [-0.4, -0.2) is 0 Å². The Bertz CT molecular complexity index is 2490. The molecule has 4 aromatic heterocycles. The van der Waals surface area contributed by atoms with Crippen LogP contribution in [0.5, 0.6) is 0 Å². The molecule has 9 rings (SSSR count). The van der Waals surface area contributed by atoms with Gasteiger partial charge in [0.2, 0.25) is 0 Å². The summed E-state index contributed by atoms with van der Waals surface area (Å²) < 4.78 is 0. The average molecular weight is 759 g/mol. The van der Waals surface area contributed by atoms with Gasteiger partial charge >= 0.3 is 0 Å². The number of fused-ring (bicyclic) bond motifs is 7. The van der Waals surface area contributed by atoms with Crippen molar-refractivity contribution in [1.29, 1.82) is 0 Å². The zero-order valence-electron chi connectivity index (χ0n) is 32.0. The molecule has 4 aromatic carbocycles. The Morgan fingerprint density at radius 3 is 0.792 bits per heavy atom. The van der Waals surface area contributed by atoms with E-state index in [9.17, 15) is 0 Å². The number of benzene rings is 4. The van der Waals surface area contributed by atoms with Crippen LogP contribution in [0.3, 0.4) is 0 Å². The second kappa shape index (κ2) is 13.4. The molecule has 5 heterocycles. The maximum absolute atomic E-state index is 2.48. The predicted molar refractivity (Wildman–Crippen MR) is 240 cm³/mol. The SMILES string of the molecule is Cc1c(C)c2p(c1-c1ccccc1)Cp1c(-c3ccccc3)c(C)c(C)c1-c1c(C)c(C)c(-c3ccccc3)p1-p1c(-c3ccccc3)c(C)c(C)c1-2. The first-order valence-electron chi connectivity index (χ1n) is 18.8. The summed E-state index contributed by atoms with van der Waals surface area (Å²) in [6, 6.07) is 45.9. The predicted octanol–water partition coefficient (Wildman–Crippen LogP) is 17.2. The summed E-state index contributed by atoms with van der Waals surface area (Å²) in [6.07, 6.45) is 0. The molecule has 0 nitrogen and oxygen atoms in total. The smallest absolute Gasteiger partial charge is 0.0270 e. The van der Waals surface area contributed by atoms with Gasteiger partial charge in [0.1, 0.15) is 0 Å². The highest BCUT2D eigenvalue weighted by atomic mass is 32.0. The maximum Gasteiger partial charge on any atom is 0.0270 e. The van der Waals surface area contributed by atoms with Crippen LogP contribution in [0.2, 0.25) is 0 Å². The number of rotatable bonds is 4. The van der Waals surface area contributed by atoms with Crippen molar-refractivity contribution in [3.63, 3.8) is 0 Å². The van der Waals surface area contributed by atoms with Gasteiger partial charge in [-0.05, 0) is 122 Å². The van der Waals surface area contributed by atoms with E-state index in [1.807, 2.05) is 0 Å². The molecule has 0 amide bonds. The van der Waals surface area contributed by atoms with Crippen LogP contribution < -0.4 is 0 Å². The van der Waals surface area contributed by atoms with Crippen LogP contribution in [0.4, 0.5) is 0 Å². The van der Waals surface area contributed by atoms with Gasteiger partial charge in [0, 0.05) is 48.3 Å². The fraction of sp³-hybridized carbons (Fsp3) is 0.184. The molecule has 8 aromatic rings. The van der Waals surface area contributed by atoms with Gasteiger partial charge in [-0.25, -0.2) is 0 Å². The van der Waals surface area contributed by atoms with Gasteiger partial charge in [-0.1, -0.05) is 151 Å². The second-order valence-corrected chi connectivity index (χ2v) is 24.9. The highest BCUT2D eigenvalue weighted by Crippen LogP contribution is 2.82. The van der Waals surface area contributed by atoms with Crippen LogP contribution in [0.25, 0.3) is 64.6 Å². The second-order valence-electron chi connectivity index (χ2n) is 14.9. The van der Waals surface area contributed by atoms with E-state index in [1.165, 1.54) is 72.7 Å². The Labute approximate surface area is 319 Å². The van der Waals surface area contributed by atoms with Gasteiger partial charge in [-0.3, -0.25) is 0 Å².